The summed E-state index contributed by atoms with van der Waals surface area (Å²) in [6.45, 7) is 4.13. The van der Waals surface area contributed by atoms with Crippen molar-refractivity contribution < 1.29 is 0 Å². The summed E-state index contributed by atoms with van der Waals surface area (Å²) < 4.78 is 0. The smallest absolute Gasteiger partial charge is 0.0797 e. The Morgan fingerprint density at radius 3 is 3.00 bits per heavy atom. The summed E-state index contributed by atoms with van der Waals surface area (Å²) in [5, 5.41) is 0. The van der Waals surface area contributed by atoms with E-state index in [1.165, 1.54) is 10.5 Å². The molecule has 1 rings (SSSR count). The molecule has 0 fully saturated rings. The van der Waals surface area contributed by atoms with E-state index < -0.39 is 0 Å². The molecule has 0 aliphatic heterocycles. The Morgan fingerprint density at radius 2 is 2.56 bits per heavy atom. The highest BCUT2D eigenvalue weighted by molar-refractivity contribution is 7.10. The van der Waals surface area contributed by atoms with E-state index in [0.29, 0.717) is 0 Å². The van der Waals surface area contributed by atoms with Crippen LogP contribution in [0.5, 0.6) is 0 Å². The monoisotopic (exact) mass is 139 g/mol. The summed E-state index contributed by atoms with van der Waals surface area (Å²) in [7, 11) is 0. The van der Waals surface area contributed by atoms with Gasteiger partial charge >= 0.3 is 0 Å². The minimum absolute atomic E-state index is 1.26. The maximum atomic E-state index is 3.97. The predicted molar refractivity (Wildman–Crippen MR) is 41.4 cm³/mol. The topological polar surface area (TPSA) is 12.9 Å². The van der Waals surface area contributed by atoms with E-state index >= 15 is 0 Å². The Balaban J connectivity index is 2.90. The van der Waals surface area contributed by atoms with Gasteiger partial charge in [-0.2, -0.15) is 0 Å². The molecule has 48 valence electrons. The van der Waals surface area contributed by atoms with Gasteiger partial charge in [0.1, 0.15) is 0 Å². The van der Waals surface area contributed by atoms with Crippen LogP contribution in [0.1, 0.15) is 18.7 Å². The van der Waals surface area contributed by atoms with E-state index in [9.17, 15) is 0 Å². The third-order valence-corrected chi connectivity index (χ3v) is 2.16. The first-order chi connectivity index (χ1) is 4.34. The van der Waals surface area contributed by atoms with Crippen LogP contribution in [-0.2, 0) is 0 Å². The van der Waals surface area contributed by atoms with Gasteiger partial charge < -0.3 is 0 Å². The fraction of sp³-hybridized carbons (Fsp3) is 0.286. The molecule has 0 saturated carbocycles. The zero-order chi connectivity index (χ0) is 6.69. The quantitative estimate of drug-likeness (QED) is 0.582. The molecule has 9 heavy (non-hydrogen) atoms. The van der Waals surface area contributed by atoms with E-state index in [1.807, 2.05) is 18.6 Å². The fourth-order valence-electron chi connectivity index (χ4n) is 0.553. The normalized spacial score (nSPS) is 12.0. The maximum absolute atomic E-state index is 3.97. The Morgan fingerprint density at radius 1 is 1.78 bits per heavy atom. The van der Waals surface area contributed by atoms with Crippen LogP contribution in [-0.4, -0.2) is 4.98 Å². The lowest BCUT2D eigenvalue weighted by atomic mass is 10.3. The molecule has 0 bridgehead atoms. The van der Waals surface area contributed by atoms with Crippen LogP contribution in [0.2, 0.25) is 0 Å². The fourth-order valence-corrected chi connectivity index (χ4v) is 1.21. The second-order valence-corrected chi connectivity index (χ2v) is 2.72. The SMILES string of the molecule is C/C=C(/C)c1cncs1. The van der Waals surface area contributed by atoms with E-state index in [-0.39, 0.29) is 0 Å². The Kier molecular flexibility index (Phi) is 2.01. The second kappa shape index (κ2) is 2.78. The minimum atomic E-state index is 1.26. The molecular formula is C7H9NS. The largest absolute Gasteiger partial charge is 0.253 e. The molecule has 0 unspecified atom stereocenters. The summed E-state index contributed by atoms with van der Waals surface area (Å²) in [4.78, 5) is 5.23. The lowest BCUT2D eigenvalue weighted by molar-refractivity contribution is 1.41. The third-order valence-electron chi connectivity index (χ3n) is 1.25. The maximum Gasteiger partial charge on any atom is 0.0797 e. The van der Waals surface area contributed by atoms with Gasteiger partial charge in [-0.3, -0.25) is 4.98 Å². The molecule has 1 aromatic heterocycles. The first kappa shape index (κ1) is 6.49. The van der Waals surface area contributed by atoms with Crippen LogP contribution in [0.3, 0.4) is 0 Å². The molecule has 2 heteroatoms. The molecular weight excluding hydrogens is 130 g/mol. The van der Waals surface area contributed by atoms with Gasteiger partial charge in [-0.25, -0.2) is 0 Å². The van der Waals surface area contributed by atoms with Crippen LogP contribution in [0.15, 0.2) is 17.8 Å². The predicted octanol–water partition coefficient (Wildman–Crippen LogP) is 2.57. The van der Waals surface area contributed by atoms with Crippen molar-refractivity contribution in [3.8, 4) is 0 Å². The van der Waals surface area contributed by atoms with Gasteiger partial charge in [0.25, 0.3) is 0 Å². The molecule has 0 N–H and O–H groups in total. The molecule has 0 spiro atoms. The van der Waals surface area contributed by atoms with Gasteiger partial charge in [-0.15, -0.1) is 11.3 Å². The molecule has 0 saturated heterocycles. The van der Waals surface area contributed by atoms with Crippen molar-refractivity contribution in [3.05, 3.63) is 22.7 Å². The number of hydrogen-bond donors (Lipinski definition) is 0. The number of allylic oxidation sites excluding steroid dienone is 2. The van der Waals surface area contributed by atoms with Crippen molar-refractivity contribution in [1.29, 1.82) is 0 Å². The van der Waals surface area contributed by atoms with Crippen molar-refractivity contribution in [2.75, 3.05) is 0 Å². The molecule has 0 atom stereocenters. The van der Waals surface area contributed by atoms with Crippen molar-refractivity contribution in [3.63, 3.8) is 0 Å². The van der Waals surface area contributed by atoms with Gasteiger partial charge in [-0.05, 0) is 19.4 Å². The summed E-state index contributed by atoms with van der Waals surface area (Å²) in [5.41, 5.74) is 3.15. The molecule has 0 amide bonds. The molecule has 1 aromatic rings. The highest BCUT2D eigenvalue weighted by Crippen LogP contribution is 2.16. The van der Waals surface area contributed by atoms with E-state index in [2.05, 4.69) is 18.0 Å². The number of thiazole rings is 1. The Labute approximate surface area is 59.1 Å². The van der Waals surface area contributed by atoms with Crippen molar-refractivity contribution in [2.24, 2.45) is 0 Å². The lowest BCUT2D eigenvalue weighted by Crippen LogP contribution is -1.67. The molecule has 0 aliphatic carbocycles. The van der Waals surface area contributed by atoms with Crippen LogP contribution in [0, 0.1) is 0 Å². The number of aromatic nitrogens is 1. The highest BCUT2D eigenvalue weighted by Gasteiger charge is 1.92. The van der Waals surface area contributed by atoms with Gasteiger partial charge in [0.15, 0.2) is 0 Å². The van der Waals surface area contributed by atoms with Gasteiger partial charge in [0, 0.05) is 11.1 Å². The van der Waals surface area contributed by atoms with Crippen molar-refractivity contribution in [1.82, 2.24) is 4.98 Å². The zero-order valence-corrected chi connectivity index (χ0v) is 6.40. The second-order valence-electron chi connectivity index (χ2n) is 1.84. The molecule has 0 radical (unpaired) electrons. The van der Waals surface area contributed by atoms with Crippen LogP contribution in [0.4, 0.5) is 0 Å². The molecule has 1 nitrogen and oxygen atoms in total. The summed E-state index contributed by atoms with van der Waals surface area (Å²) >= 11 is 1.68. The zero-order valence-electron chi connectivity index (χ0n) is 5.59. The number of nitrogens with zero attached hydrogens (tertiary/aromatic N) is 1. The van der Waals surface area contributed by atoms with Crippen molar-refractivity contribution >= 4 is 16.9 Å². The molecule has 0 aromatic carbocycles. The number of rotatable bonds is 1. The summed E-state index contributed by atoms with van der Waals surface area (Å²) in [5.74, 6) is 0. The lowest BCUT2D eigenvalue weighted by Gasteiger charge is -1.89. The summed E-state index contributed by atoms with van der Waals surface area (Å²) in [6, 6.07) is 0. The Hall–Kier alpha value is -0.630. The first-order valence-corrected chi connectivity index (χ1v) is 3.74. The first-order valence-electron chi connectivity index (χ1n) is 2.86. The van der Waals surface area contributed by atoms with Crippen LogP contribution in [0.25, 0.3) is 5.57 Å². The standard InChI is InChI=1S/C7H9NS/c1-3-6(2)7-4-8-5-9-7/h3-5H,1-2H3/b6-3-. The van der Waals surface area contributed by atoms with Crippen LogP contribution < -0.4 is 0 Å². The average Bonchev–Trinajstić information content (AvgIpc) is 2.37. The third kappa shape index (κ3) is 1.39. The van der Waals surface area contributed by atoms with Crippen molar-refractivity contribution in [2.45, 2.75) is 13.8 Å². The average molecular weight is 139 g/mol. The summed E-state index contributed by atoms with van der Waals surface area (Å²) in [6.07, 6.45) is 3.98. The molecule has 1 heterocycles. The minimum Gasteiger partial charge on any atom is -0.253 e. The van der Waals surface area contributed by atoms with E-state index in [4.69, 9.17) is 0 Å². The number of hydrogen-bond acceptors (Lipinski definition) is 2. The molecule has 0 aliphatic rings. The van der Waals surface area contributed by atoms with Gasteiger partial charge in [-0.1, -0.05) is 6.08 Å². The Bertz CT molecular complexity index is 199. The van der Waals surface area contributed by atoms with Gasteiger partial charge in [0.05, 0.1) is 5.51 Å². The van der Waals surface area contributed by atoms with E-state index in [1.54, 1.807) is 11.3 Å². The highest BCUT2D eigenvalue weighted by atomic mass is 32.1. The van der Waals surface area contributed by atoms with E-state index in [0.717, 1.165) is 0 Å². The van der Waals surface area contributed by atoms with Crippen LogP contribution >= 0.6 is 11.3 Å². The van der Waals surface area contributed by atoms with Gasteiger partial charge in [0.2, 0.25) is 0 Å².